The van der Waals surface area contributed by atoms with Gasteiger partial charge in [0.25, 0.3) is 0 Å². The second kappa shape index (κ2) is 5.49. The molecule has 0 spiro atoms. The lowest BCUT2D eigenvalue weighted by Gasteiger charge is -2.16. The van der Waals surface area contributed by atoms with Crippen LogP contribution in [0.5, 0.6) is 0 Å². The van der Waals surface area contributed by atoms with E-state index in [4.69, 9.17) is 0 Å². The number of nitrogens with one attached hydrogen (secondary N) is 1. The molecule has 1 amide bonds. The maximum absolute atomic E-state index is 11.7. The van der Waals surface area contributed by atoms with Crippen molar-refractivity contribution in [3.8, 4) is 0 Å². The number of amides is 1. The summed E-state index contributed by atoms with van der Waals surface area (Å²) in [6.45, 7) is -0.557. The summed E-state index contributed by atoms with van der Waals surface area (Å²) < 4.78 is 39.6. The van der Waals surface area contributed by atoms with Crippen LogP contribution in [0.4, 0.5) is 13.2 Å². The highest BCUT2D eigenvalue weighted by atomic mass is 19.4. The minimum Gasteiger partial charge on any atom is -0.370 e. The zero-order valence-corrected chi connectivity index (χ0v) is 9.01. The van der Waals surface area contributed by atoms with Gasteiger partial charge in [-0.05, 0) is 13.5 Å². The van der Waals surface area contributed by atoms with Gasteiger partial charge in [0.1, 0.15) is 6.61 Å². The number of likely N-dealkylation sites (N-methyl/N-ethyl adjacent to an activating group) is 1. The first-order chi connectivity index (χ1) is 7.44. The lowest BCUT2D eigenvalue weighted by atomic mass is 10.3. The van der Waals surface area contributed by atoms with Crippen molar-refractivity contribution < 1.29 is 22.7 Å². The summed E-state index contributed by atoms with van der Waals surface area (Å²) in [5.74, 6) is -0.0712. The predicted octanol–water partition coefficient (Wildman–Crippen LogP) is 0.386. The number of ether oxygens (including phenoxy) is 1. The first-order valence-electron chi connectivity index (χ1n) is 5.04. The molecule has 1 heterocycles. The Balaban J connectivity index is 2.17. The molecule has 1 aliphatic rings. The van der Waals surface area contributed by atoms with Crippen LogP contribution in [0.25, 0.3) is 0 Å². The molecule has 4 nitrogen and oxygen atoms in total. The van der Waals surface area contributed by atoms with E-state index in [-0.39, 0.29) is 25.1 Å². The van der Waals surface area contributed by atoms with E-state index in [1.54, 1.807) is 7.05 Å². The van der Waals surface area contributed by atoms with E-state index in [1.165, 1.54) is 4.90 Å². The van der Waals surface area contributed by atoms with Gasteiger partial charge in [0.15, 0.2) is 0 Å². The van der Waals surface area contributed by atoms with Gasteiger partial charge in [-0.25, -0.2) is 0 Å². The molecule has 94 valence electrons. The van der Waals surface area contributed by atoms with Gasteiger partial charge in [-0.3, -0.25) is 4.79 Å². The van der Waals surface area contributed by atoms with E-state index in [0.29, 0.717) is 13.0 Å². The van der Waals surface area contributed by atoms with Crippen LogP contribution in [0.2, 0.25) is 0 Å². The molecule has 1 unspecified atom stereocenters. The van der Waals surface area contributed by atoms with Crippen LogP contribution in [-0.2, 0) is 9.53 Å². The molecule has 0 saturated carbocycles. The molecule has 0 aromatic heterocycles. The minimum absolute atomic E-state index is 0.0712. The van der Waals surface area contributed by atoms with Gasteiger partial charge >= 0.3 is 6.18 Å². The zero-order chi connectivity index (χ0) is 12.2. The van der Waals surface area contributed by atoms with Crippen molar-refractivity contribution in [2.75, 3.05) is 33.4 Å². The zero-order valence-electron chi connectivity index (χ0n) is 9.01. The van der Waals surface area contributed by atoms with E-state index in [0.717, 1.165) is 0 Å². The van der Waals surface area contributed by atoms with Crippen LogP contribution < -0.4 is 5.32 Å². The molecule has 1 atom stereocenters. The normalized spacial score (nSPS) is 21.9. The molecule has 0 bridgehead atoms. The second-order valence-electron chi connectivity index (χ2n) is 3.62. The van der Waals surface area contributed by atoms with Crippen LogP contribution in [0.15, 0.2) is 0 Å². The van der Waals surface area contributed by atoms with E-state index in [9.17, 15) is 18.0 Å². The van der Waals surface area contributed by atoms with Crippen LogP contribution >= 0.6 is 0 Å². The Bertz CT molecular complexity index is 245. The Morgan fingerprint density at radius 2 is 2.25 bits per heavy atom. The van der Waals surface area contributed by atoms with E-state index in [1.807, 2.05) is 0 Å². The third kappa shape index (κ3) is 3.97. The molecule has 1 fully saturated rings. The summed E-state index contributed by atoms with van der Waals surface area (Å²) in [4.78, 5) is 13.0. The second-order valence-corrected chi connectivity index (χ2v) is 3.62. The molecule has 7 heteroatoms. The molecule has 0 aromatic carbocycles. The van der Waals surface area contributed by atoms with Gasteiger partial charge in [0.2, 0.25) is 5.91 Å². The van der Waals surface area contributed by atoms with Crippen molar-refractivity contribution in [1.82, 2.24) is 10.2 Å². The maximum atomic E-state index is 11.7. The Hall–Kier alpha value is -0.820. The van der Waals surface area contributed by atoms with Gasteiger partial charge in [-0.2, -0.15) is 13.2 Å². The molecule has 1 aliphatic heterocycles. The van der Waals surface area contributed by atoms with Crippen LogP contribution in [0.3, 0.4) is 0 Å². The lowest BCUT2D eigenvalue weighted by Crippen LogP contribution is -2.37. The Kier molecular flexibility index (Phi) is 4.55. The van der Waals surface area contributed by atoms with Crippen molar-refractivity contribution >= 4 is 5.91 Å². The summed E-state index contributed by atoms with van der Waals surface area (Å²) in [7, 11) is 1.69. The van der Waals surface area contributed by atoms with Crippen molar-refractivity contribution in [1.29, 1.82) is 0 Å². The average molecular weight is 240 g/mol. The first kappa shape index (κ1) is 13.2. The minimum atomic E-state index is -4.30. The molecular formula is C9H15F3N2O2. The molecule has 0 aromatic rings. The molecule has 0 radical (unpaired) electrons. The van der Waals surface area contributed by atoms with Gasteiger partial charge in [0, 0.05) is 13.1 Å². The number of likely N-dealkylation sites (tertiary alicyclic amines) is 1. The van der Waals surface area contributed by atoms with Crippen molar-refractivity contribution in [3.63, 3.8) is 0 Å². The van der Waals surface area contributed by atoms with Crippen LogP contribution in [0, 0.1) is 0 Å². The largest absolute Gasteiger partial charge is 0.411 e. The van der Waals surface area contributed by atoms with Crippen molar-refractivity contribution in [2.24, 2.45) is 0 Å². The summed E-state index contributed by atoms with van der Waals surface area (Å²) in [5.41, 5.74) is 0. The number of carbonyl (C=O) groups is 1. The number of rotatable bonds is 5. The number of carbonyl (C=O) groups excluding carboxylic acids is 1. The van der Waals surface area contributed by atoms with Gasteiger partial charge in [-0.1, -0.05) is 0 Å². The van der Waals surface area contributed by atoms with Gasteiger partial charge < -0.3 is 15.0 Å². The van der Waals surface area contributed by atoms with E-state index < -0.39 is 12.8 Å². The highest BCUT2D eigenvalue weighted by Crippen LogP contribution is 2.15. The van der Waals surface area contributed by atoms with Crippen molar-refractivity contribution in [2.45, 2.75) is 18.6 Å². The summed E-state index contributed by atoms with van der Waals surface area (Å²) in [5, 5.41) is 2.85. The fraction of sp³-hybridized carbons (Fsp3) is 0.889. The molecular weight excluding hydrogens is 225 g/mol. The number of hydrogen-bond donors (Lipinski definition) is 1. The third-order valence-corrected chi connectivity index (χ3v) is 2.42. The lowest BCUT2D eigenvalue weighted by molar-refractivity contribution is -0.174. The number of nitrogens with zero attached hydrogens (tertiary/aromatic N) is 1. The highest BCUT2D eigenvalue weighted by molar-refractivity contribution is 5.83. The Morgan fingerprint density at radius 1 is 1.56 bits per heavy atom. The van der Waals surface area contributed by atoms with Crippen LogP contribution in [-0.4, -0.2) is 56.4 Å². The maximum Gasteiger partial charge on any atom is 0.411 e. The standard InChI is InChI=1S/C9H15F3N2O2/c1-13-7-2-3-14(8(7)15)4-5-16-6-9(10,11)12/h7,13H,2-6H2,1H3. The molecule has 0 aliphatic carbocycles. The monoisotopic (exact) mass is 240 g/mol. The number of halogens is 3. The third-order valence-electron chi connectivity index (χ3n) is 2.42. The highest BCUT2D eigenvalue weighted by Gasteiger charge is 2.31. The summed E-state index contributed by atoms with van der Waals surface area (Å²) in [6, 6.07) is -0.206. The topological polar surface area (TPSA) is 41.6 Å². The number of alkyl halides is 3. The Labute approximate surface area is 91.7 Å². The molecule has 1 N–H and O–H groups in total. The van der Waals surface area contributed by atoms with Crippen molar-refractivity contribution in [3.05, 3.63) is 0 Å². The summed E-state index contributed by atoms with van der Waals surface area (Å²) >= 11 is 0. The average Bonchev–Trinajstić information content (AvgIpc) is 2.53. The van der Waals surface area contributed by atoms with Crippen LogP contribution in [0.1, 0.15) is 6.42 Å². The molecule has 1 rings (SSSR count). The first-order valence-corrected chi connectivity index (χ1v) is 5.04. The number of hydrogen-bond acceptors (Lipinski definition) is 3. The smallest absolute Gasteiger partial charge is 0.370 e. The summed E-state index contributed by atoms with van der Waals surface area (Å²) in [6.07, 6.45) is -3.61. The fourth-order valence-electron chi connectivity index (χ4n) is 1.59. The Morgan fingerprint density at radius 3 is 2.75 bits per heavy atom. The van der Waals surface area contributed by atoms with Gasteiger partial charge in [-0.15, -0.1) is 0 Å². The quantitative estimate of drug-likeness (QED) is 0.707. The fourth-order valence-corrected chi connectivity index (χ4v) is 1.59. The van der Waals surface area contributed by atoms with Gasteiger partial charge in [0.05, 0.1) is 12.6 Å². The van der Waals surface area contributed by atoms with E-state index in [2.05, 4.69) is 10.1 Å². The van der Waals surface area contributed by atoms with E-state index >= 15 is 0 Å². The molecule has 16 heavy (non-hydrogen) atoms. The molecule has 1 saturated heterocycles. The predicted molar refractivity (Wildman–Crippen MR) is 50.9 cm³/mol. The SMILES string of the molecule is CNC1CCN(CCOCC(F)(F)F)C1=O.